The van der Waals surface area contributed by atoms with Crippen LogP contribution >= 0.6 is 11.6 Å². The van der Waals surface area contributed by atoms with Crippen molar-refractivity contribution in [3.63, 3.8) is 0 Å². The molecule has 2 aliphatic heterocycles. The fourth-order valence-corrected chi connectivity index (χ4v) is 3.91. The number of hydrogen-bond acceptors (Lipinski definition) is 8. The van der Waals surface area contributed by atoms with Gasteiger partial charge in [0, 0.05) is 30.0 Å². The summed E-state index contributed by atoms with van der Waals surface area (Å²) in [4.78, 5) is 8.76. The average Bonchev–Trinajstić information content (AvgIpc) is 3.45. The van der Waals surface area contributed by atoms with Crippen LogP contribution in [0, 0.1) is 0 Å². The van der Waals surface area contributed by atoms with Gasteiger partial charge < -0.3 is 30.0 Å². The van der Waals surface area contributed by atoms with E-state index in [0.29, 0.717) is 54.5 Å². The van der Waals surface area contributed by atoms with E-state index in [1.165, 1.54) is 6.33 Å². The molecule has 31 heavy (non-hydrogen) atoms. The number of halogens is 1. The molecule has 3 aromatic rings. The summed E-state index contributed by atoms with van der Waals surface area (Å²) >= 11 is 6.43. The molecule has 2 aromatic carbocycles. The molecule has 2 saturated heterocycles. The highest BCUT2D eigenvalue weighted by atomic mass is 35.5. The number of aromatic nitrogens is 2. The number of nitrogens with one attached hydrogen (secondary N) is 1. The molecule has 2 aliphatic rings. The van der Waals surface area contributed by atoms with Crippen LogP contribution in [-0.4, -0.2) is 48.6 Å². The Hall–Kier alpha value is -2.81. The number of hydrogen-bond donors (Lipinski definition) is 2. The summed E-state index contributed by atoms with van der Waals surface area (Å²) < 4.78 is 22.6. The molecule has 3 N–H and O–H groups in total. The van der Waals surface area contributed by atoms with Crippen LogP contribution in [0.5, 0.6) is 11.5 Å². The number of nitrogen functional groups attached to an aromatic ring is 1. The summed E-state index contributed by atoms with van der Waals surface area (Å²) in [6, 6.07) is 9.20. The van der Waals surface area contributed by atoms with Crippen molar-refractivity contribution in [3.8, 4) is 11.5 Å². The third kappa shape index (κ3) is 4.46. The SMILES string of the molecule is Nc1cc2c(Nc3ccc(O[C@@H]4CCOC4)c(Cl)c3)ncnc2cc1O[C@@H]1CCOC1. The molecule has 0 radical (unpaired) electrons. The van der Waals surface area contributed by atoms with E-state index in [0.717, 1.165) is 29.4 Å². The van der Waals surface area contributed by atoms with Crippen molar-refractivity contribution < 1.29 is 18.9 Å². The lowest BCUT2D eigenvalue weighted by atomic mass is 10.2. The molecule has 3 heterocycles. The number of benzene rings is 2. The van der Waals surface area contributed by atoms with Gasteiger partial charge in [0.15, 0.2) is 0 Å². The third-order valence-corrected chi connectivity index (χ3v) is 5.62. The van der Waals surface area contributed by atoms with Gasteiger partial charge in [0.1, 0.15) is 35.9 Å². The highest BCUT2D eigenvalue weighted by Gasteiger charge is 2.20. The van der Waals surface area contributed by atoms with Gasteiger partial charge in [-0.05, 0) is 24.3 Å². The van der Waals surface area contributed by atoms with E-state index in [2.05, 4.69) is 15.3 Å². The summed E-state index contributed by atoms with van der Waals surface area (Å²) in [6.45, 7) is 2.58. The molecule has 0 bridgehead atoms. The number of nitrogens with zero attached hydrogens (tertiary/aromatic N) is 2. The van der Waals surface area contributed by atoms with Crippen LogP contribution in [0.3, 0.4) is 0 Å². The van der Waals surface area contributed by atoms with Gasteiger partial charge in [-0.2, -0.15) is 0 Å². The fraction of sp³-hybridized carbons (Fsp3) is 0.364. The Morgan fingerprint density at radius 1 is 0.968 bits per heavy atom. The first-order valence-electron chi connectivity index (χ1n) is 10.3. The summed E-state index contributed by atoms with van der Waals surface area (Å²) in [5.74, 6) is 1.87. The van der Waals surface area contributed by atoms with Gasteiger partial charge in [-0.25, -0.2) is 9.97 Å². The van der Waals surface area contributed by atoms with Crippen molar-refractivity contribution in [1.29, 1.82) is 0 Å². The predicted octanol–water partition coefficient (Wildman–Crippen LogP) is 3.94. The average molecular weight is 443 g/mol. The Labute approximate surface area is 184 Å². The van der Waals surface area contributed by atoms with Gasteiger partial charge in [-0.15, -0.1) is 0 Å². The molecular weight excluding hydrogens is 420 g/mol. The van der Waals surface area contributed by atoms with Crippen LogP contribution in [0.25, 0.3) is 10.9 Å². The van der Waals surface area contributed by atoms with Gasteiger partial charge in [0.05, 0.1) is 42.7 Å². The minimum absolute atomic E-state index is 0.0119. The number of fused-ring (bicyclic) bond motifs is 1. The number of nitrogens with two attached hydrogens (primary N) is 1. The van der Waals surface area contributed by atoms with Gasteiger partial charge in [0.25, 0.3) is 0 Å². The summed E-state index contributed by atoms with van der Waals surface area (Å²) in [6.07, 6.45) is 3.27. The number of anilines is 3. The lowest BCUT2D eigenvalue weighted by Crippen LogP contribution is -2.16. The first-order valence-corrected chi connectivity index (χ1v) is 10.6. The van der Waals surface area contributed by atoms with Crippen LogP contribution in [0.15, 0.2) is 36.7 Å². The molecule has 0 spiro atoms. The van der Waals surface area contributed by atoms with Crippen LogP contribution < -0.4 is 20.5 Å². The molecule has 0 amide bonds. The van der Waals surface area contributed by atoms with Crippen LogP contribution in [0.1, 0.15) is 12.8 Å². The van der Waals surface area contributed by atoms with Crippen molar-refractivity contribution in [2.75, 3.05) is 37.5 Å². The molecule has 5 rings (SSSR count). The van der Waals surface area contributed by atoms with E-state index in [1.54, 1.807) is 0 Å². The van der Waals surface area contributed by atoms with E-state index in [9.17, 15) is 0 Å². The smallest absolute Gasteiger partial charge is 0.144 e. The molecule has 8 nitrogen and oxygen atoms in total. The van der Waals surface area contributed by atoms with Crippen molar-refractivity contribution in [2.45, 2.75) is 25.0 Å². The van der Waals surface area contributed by atoms with E-state index in [4.69, 9.17) is 36.3 Å². The second-order valence-electron chi connectivity index (χ2n) is 7.61. The van der Waals surface area contributed by atoms with Gasteiger partial charge >= 0.3 is 0 Å². The zero-order valence-electron chi connectivity index (χ0n) is 16.8. The molecule has 0 unspecified atom stereocenters. The maximum absolute atomic E-state index is 6.43. The highest BCUT2D eigenvalue weighted by molar-refractivity contribution is 6.32. The predicted molar refractivity (Wildman–Crippen MR) is 118 cm³/mol. The quantitative estimate of drug-likeness (QED) is 0.553. The highest BCUT2D eigenvalue weighted by Crippen LogP contribution is 2.34. The Balaban J connectivity index is 1.37. The first kappa shape index (κ1) is 20.1. The molecule has 0 aliphatic carbocycles. The van der Waals surface area contributed by atoms with Gasteiger partial charge in [-0.1, -0.05) is 11.6 Å². The number of rotatable bonds is 6. The maximum atomic E-state index is 6.43. The molecule has 162 valence electrons. The Bertz CT molecular complexity index is 1080. The first-order chi connectivity index (χ1) is 15.2. The van der Waals surface area contributed by atoms with Crippen LogP contribution in [-0.2, 0) is 9.47 Å². The Kier molecular flexibility index (Phi) is 5.67. The van der Waals surface area contributed by atoms with E-state index < -0.39 is 0 Å². The van der Waals surface area contributed by atoms with E-state index in [1.807, 2.05) is 30.3 Å². The number of ether oxygens (including phenoxy) is 4. The molecular formula is C22H23ClN4O4. The van der Waals surface area contributed by atoms with Crippen molar-refractivity contribution in [2.24, 2.45) is 0 Å². The zero-order valence-corrected chi connectivity index (χ0v) is 17.6. The summed E-state index contributed by atoms with van der Waals surface area (Å²) in [5.41, 5.74) is 8.29. The standard InChI is InChI=1S/C22H23ClN4O4/c23-17-7-13(1-2-20(17)30-14-3-5-28-10-14)27-22-16-8-18(24)21(9-19(16)25-12-26-22)31-15-4-6-29-11-15/h1-2,7-9,12,14-15H,3-6,10-11,24H2,(H,25,26,27)/t14-,15-/m1/s1. The summed E-state index contributed by atoms with van der Waals surface area (Å²) in [7, 11) is 0. The van der Waals surface area contributed by atoms with Gasteiger partial charge in [-0.3, -0.25) is 0 Å². The second-order valence-corrected chi connectivity index (χ2v) is 8.01. The van der Waals surface area contributed by atoms with Crippen molar-refractivity contribution in [1.82, 2.24) is 9.97 Å². The topological polar surface area (TPSA) is 101 Å². The van der Waals surface area contributed by atoms with Gasteiger partial charge in [0.2, 0.25) is 0 Å². The normalized spacial score (nSPS) is 20.8. The van der Waals surface area contributed by atoms with Crippen molar-refractivity contribution in [3.05, 3.63) is 41.7 Å². The zero-order chi connectivity index (χ0) is 21.2. The van der Waals surface area contributed by atoms with Crippen LogP contribution in [0.4, 0.5) is 17.2 Å². The lowest BCUT2D eigenvalue weighted by Gasteiger charge is -2.16. The van der Waals surface area contributed by atoms with Crippen molar-refractivity contribution >= 4 is 39.7 Å². The van der Waals surface area contributed by atoms with Crippen LogP contribution in [0.2, 0.25) is 5.02 Å². The monoisotopic (exact) mass is 442 g/mol. The third-order valence-electron chi connectivity index (χ3n) is 5.32. The molecule has 0 saturated carbocycles. The minimum Gasteiger partial charge on any atom is -0.486 e. The minimum atomic E-state index is 0.0119. The fourth-order valence-electron chi connectivity index (χ4n) is 3.68. The van der Waals surface area contributed by atoms with E-state index >= 15 is 0 Å². The molecule has 2 fully saturated rings. The van der Waals surface area contributed by atoms with E-state index in [-0.39, 0.29) is 12.2 Å². The molecule has 2 atom stereocenters. The summed E-state index contributed by atoms with van der Waals surface area (Å²) in [5, 5.41) is 4.60. The largest absolute Gasteiger partial charge is 0.486 e. The second kappa shape index (κ2) is 8.74. The maximum Gasteiger partial charge on any atom is 0.144 e. The molecule has 1 aromatic heterocycles. The molecule has 9 heteroatoms. The Morgan fingerprint density at radius 3 is 2.39 bits per heavy atom. The lowest BCUT2D eigenvalue weighted by molar-refractivity contribution is 0.141. The Morgan fingerprint density at radius 2 is 1.71 bits per heavy atom.